The molecule has 2 aromatic rings. The second-order valence-electron chi connectivity index (χ2n) is 5.61. The Balaban J connectivity index is 1.72. The topological polar surface area (TPSA) is 62.5 Å². The number of likely N-dealkylation sites (N-methyl/N-ethyl adjacent to an activating group) is 1. The predicted octanol–water partition coefficient (Wildman–Crippen LogP) is 2.01. The van der Waals surface area contributed by atoms with Gasteiger partial charge in [-0.25, -0.2) is 0 Å². The van der Waals surface area contributed by atoms with Crippen LogP contribution in [-0.4, -0.2) is 40.6 Å². The summed E-state index contributed by atoms with van der Waals surface area (Å²) < 4.78 is 5.40. The fourth-order valence-corrected chi connectivity index (χ4v) is 2.85. The minimum absolute atomic E-state index is 0.135. The van der Waals surface area contributed by atoms with E-state index in [1.165, 1.54) is 0 Å². The Kier molecular flexibility index (Phi) is 4.20. The molecule has 2 heterocycles. The fourth-order valence-electron chi connectivity index (χ4n) is 2.85. The van der Waals surface area contributed by atoms with E-state index in [9.17, 15) is 4.79 Å². The van der Waals surface area contributed by atoms with Gasteiger partial charge in [0.15, 0.2) is 0 Å². The number of aromatic nitrogens is 2. The molecule has 1 aliphatic rings. The zero-order valence-corrected chi connectivity index (χ0v) is 12.9. The molecule has 22 heavy (non-hydrogen) atoms. The maximum atomic E-state index is 12.8. The van der Waals surface area contributed by atoms with Gasteiger partial charge in [0.1, 0.15) is 0 Å². The van der Waals surface area contributed by atoms with Crippen LogP contribution in [0, 0.1) is 6.92 Å². The molecule has 116 valence electrons. The lowest BCUT2D eigenvalue weighted by atomic mass is 10.0. The van der Waals surface area contributed by atoms with Crippen molar-refractivity contribution in [2.24, 2.45) is 0 Å². The highest BCUT2D eigenvalue weighted by molar-refractivity contribution is 5.97. The van der Waals surface area contributed by atoms with Gasteiger partial charge in [-0.15, -0.1) is 10.2 Å². The molecule has 0 unspecified atom stereocenters. The third-order valence-corrected chi connectivity index (χ3v) is 3.96. The first-order chi connectivity index (χ1) is 10.6. The molecule has 0 bridgehead atoms. The Morgan fingerprint density at radius 3 is 2.77 bits per heavy atom. The van der Waals surface area contributed by atoms with Crippen molar-refractivity contribution in [1.29, 1.82) is 0 Å². The Bertz CT molecular complexity index is 641. The van der Waals surface area contributed by atoms with Gasteiger partial charge in [-0.05, 0) is 32.0 Å². The lowest BCUT2D eigenvalue weighted by Gasteiger charge is -2.36. The molecule has 1 aromatic carbocycles. The molecular weight excluding hydrogens is 280 g/mol. The molecular formula is C16H20N4O2. The Labute approximate surface area is 129 Å². The van der Waals surface area contributed by atoms with Crippen LogP contribution in [0.5, 0.6) is 0 Å². The molecule has 0 N–H and O–H groups in total. The van der Waals surface area contributed by atoms with Gasteiger partial charge in [0.25, 0.3) is 0 Å². The number of anilines is 1. The number of aryl methyl sites for hydroxylation is 1. The van der Waals surface area contributed by atoms with Crippen molar-refractivity contribution in [3.8, 4) is 0 Å². The van der Waals surface area contributed by atoms with Crippen LogP contribution in [0.15, 0.2) is 34.7 Å². The van der Waals surface area contributed by atoms with Crippen molar-refractivity contribution in [1.82, 2.24) is 15.1 Å². The van der Waals surface area contributed by atoms with Gasteiger partial charge >= 0.3 is 0 Å². The third-order valence-electron chi connectivity index (χ3n) is 3.96. The molecule has 1 atom stereocenters. The van der Waals surface area contributed by atoms with Crippen LogP contribution in [0.1, 0.15) is 24.6 Å². The first-order valence-corrected chi connectivity index (χ1v) is 7.51. The van der Waals surface area contributed by atoms with Crippen molar-refractivity contribution in [2.75, 3.05) is 18.5 Å². The van der Waals surface area contributed by atoms with E-state index < -0.39 is 0 Å². The average molecular weight is 300 g/mol. The van der Waals surface area contributed by atoms with E-state index in [1.54, 1.807) is 6.92 Å². The minimum atomic E-state index is -0.152. The van der Waals surface area contributed by atoms with Crippen molar-refractivity contribution < 1.29 is 9.21 Å². The normalized spacial score (nSPS) is 19.0. The first kappa shape index (κ1) is 14.7. The van der Waals surface area contributed by atoms with E-state index in [1.807, 2.05) is 47.2 Å². The Morgan fingerprint density at radius 1 is 1.32 bits per heavy atom. The van der Waals surface area contributed by atoms with Gasteiger partial charge in [0.2, 0.25) is 17.7 Å². The minimum Gasteiger partial charge on any atom is -0.424 e. The maximum Gasteiger partial charge on any atom is 0.244 e. The zero-order chi connectivity index (χ0) is 15.5. The lowest BCUT2D eigenvalue weighted by molar-refractivity contribution is -0.125. The van der Waals surface area contributed by atoms with Gasteiger partial charge < -0.3 is 9.32 Å². The quantitative estimate of drug-likeness (QED) is 0.864. The molecule has 0 saturated carbocycles. The van der Waals surface area contributed by atoms with Crippen LogP contribution in [0.2, 0.25) is 0 Å². The lowest BCUT2D eigenvalue weighted by Crippen LogP contribution is -2.51. The highest BCUT2D eigenvalue weighted by Crippen LogP contribution is 2.23. The van der Waals surface area contributed by atoms with Crippen molar-refractivity contribution in [3.05, 3.63) is 42.1 Å². The van der Waals surface area contributed by atoms with Crippen LogP contribution in [-0.2, 0) is 11.3 Å². The number of para-hydroxylation sites is 1. The molecule has 6 nitrogen and oxygen atoms in total. The largest absolute Gasteiger partial charge is 0.424 e. The maximum absolute atomic E-state index is 12.8. The highest BCUT2D eigenvalue weighted by Gasteiger charge is 2.32. The smallest absolute Gasteiger partial charge is 0.244 e. The summed E-state index contributed by atoms with van der Waals surface area (Å²) in [7, 11) is 1.93. The second kappa shape index (κ2) is 6.27. The van der Waals surface area contributed by atoms with Crippen LogP contribution >= 0.6 is 0 Å². The van der Waals surface area contributed by atoms with Gasteiger partial charge in [0.05, 0.1) is 12.6 Å². The molecule has 0 aliphatic carbocycles. The van der Waals surface area contributed by atoms with E-state index in [4.69, 9.17) is 4.42 Å². The molecule has 1 aliphatic heterocycles. The summed E-state index contributed by atoms with van der Waals surface area (Å²) in [6, 6.07) is 9.66. The summed E-state index contributed by atoms with van der Waals surface area (Å²) in [4.78, 5) is 16.6. The van der Waals surface area contributed by atoms with E-state index in [0.29, 0.717) is 18.3 Å². The number of nitrogens with zero attached hydrogens (tertiary/aromatic N) is 4. The number of hydrogen-bond acceptors (Lipinski definition) is 5. The highest BCUT2D eigenvalue weighted by atomic mass is 16.4. The van der Waals surface area contributed by atoms with E-state index in [-0.39, 0.29) is 11.9 Å². The Hall–Kier alpha value is -2.21. The number of carbonyl (C=O) groups excluding carboxylic acids is 1. The molecule has 0 radical (unpaired) electrons. The summed E-state index contributed by atoms with van der Waals surface area (Å²) in [5.41, 5.74) is 0.958. The third kappa shape index (κ3) is 3.01. The molecule has 1 amide bonds. The standard InChI is InChI=1S/C16H20N4O2/c1-12-17-18-15(22-12)11-19(2)14-9-6-10-20(16(14)21)13-7-4-3-5-8-13/h3-5,7-8,14H,6,9-11H2,1-2H3/t14-/m0/s1. The second-order valence-corrected chi connectivity index (χ2v) is 5.61. The number of benzene rings is 1. The van der Waals surface area contributed by atoms with E-state index >= 15 is 0 Å². The van der Waals surface area contributed by atoms with Gasteiger partial charge in [0, 0.05) is 19.2 Å². The van der Waals surface area contributed by atoms with Gasteiger partial charge in [-0.3, -0.25) is 9.69 Å². The van der Waals surface area contributed by atoms with Crippen LogP contribution in [0.3, 0.4) is 0 Å². The zero-order valence-electron chi connectivity index (χ0n) is 12.9. The number of rotatable bonds is 4. The number of piperidine rings is 1. The van der Waals surface area contributed by atoms with Gasteiger partial charge in [-0.2, -0.15) is 0 Å². The molecule has 1 aromatic heterocycles. The first-order valence-electron chi connectivity index (χ1n) is 7.51. The number of carbonyl (C=O) groups is 1. The summed E-state index contributed by atoms with van der Waals surface area (Å²) in [6.07, 6.45) is 1.84. The Morgan fingerprint density at radius 2 is 2.09 bits per heavy atom. The average Bonchev–Trinajstić information content (AvgIpc) is 2.93. The van der Waals surface area contributed by atoms with Crippen LogP contribution < -0.4 is 4.90 Å². The number of amides is 1. The van der Waals surface area contributed by atoms with Crippen LogP contribution in [0.4, 0.5) is 5.69 Å². The summed E-state index contributed by atoms with van der Waals surface area (Å²) >= 11 is 0. The molecule has 1 saturated heterocycles. The SMILES string of the molecule is Cc1nnc(CN(C)[C@H]2CCCN(c3ccccc3)C2=O)o1. The van der Waals surface area contributed by atoms with E-state index in [0.717, 1.165) is 25.1 Å². The summed E-state index contributed by atoms with van der Waals surface area (Å²) in [5, 5.41) is 7.83. The fraction of sp³-hybridized carbons (Fsp3) is 0.438. The van der Waals surface area contributed by atoms with Gasteiger partial charge in [-0.1, -0.05) is 18.2 Å². The number of hydrogen-bond donors (Lipinski definition) is 0. The van der Waals surface area contributed by atoms with Crippen LogP contribution in [0.25, 0.3) is 0 Å². The predicted molar refractivity (Wildman–Crippen MR) is 82.3 cm³/mol. The van der Waals surface area contributed by atoms with Crippen molar-refractivity contribution in [3.63, 3.8) is 0 Å². The monoisotopic (exact) mass is 300 g/mol. The molecule has 1 fully saturated rings. The van der Waals surface area contributed by atoms with Crippen molar-refractivity contribution in [2.45, 2.75) is 32.4 Å². The summed E-state index contributed by atoms with van der Waals surface area (Å²) in [5.74, 6) is 1.23. The summed E-state index contributed by atoms with van der Waals surface area (Å²) in [6.45, 7) is 3.02. The van der Waals surface area contributed by atoms with Crippen molar-refractivity contribution >= 4 is 11.6 Å². The molecule has 6 heteroatoms. The van der Waals surface area contributed by atoms with E-state index in [2.05, 4.69) is 10.2 Å². The molecule has 0 spiro atoms. The molecule has 3 rings (SSSR count).